The minimum Gasteiger partial charge on any atom is -0.374 e. The summed E-state index contributed by atoms with van der Waals surface area (Å²) in [5, 5.41) is 0. The molecule has 1 aromatic rings. The average molecular weight is 316 g/mol. The summed E-state index contributed by atoms with van der Waals surface area (Å²) in [6, 6.07) is 3.89. The Morgan fingerprint density at radius 3 is 2.96 bits per heavy atom. The molecule has 124 valence electrons. The summed E-state index contributed by atoms with van der Waals surface area (Å²) in [6.45, 7) is 3.97. The van der Waals surface area contributed by atoms with Crippen molar-refractivity contribution in [3.63, 3.8) is 0 Å². The first-order valence-electron chi connectivity index (χ1n) is 8.69. The molecule has 0 aromatic carbocycles. The van der Waals surface area contributed by atoms with E-state index in [1.54, 1.807) is 6.20 Å². The average Bonchev–Trinajstić information content (AvgIpc) is 3.30. The molecule has 4 rings (SSSR count). The Labute approximate surface area is 137 Å². The van der Waals surface area contributed by atoms with Crippen LogP contribution in [-0.4, -0.2) is 53.8 Å². The Morgan fingerprint density at radius 1 is 1.35 bits per heavy atom. The molecule has 1 saturated heterocycles. The highest BCUT2D eigenvalue weighted by Gasteiger charge is 2.45. The molecule has 2 heterocycles. The van der Waals surface area contributed by atoms with Crippen LogP contribution in [0.15, 0.2) is 18.3 Å². The number of carbonyl (C=O) groups excluding carboxylic acids is 1. The van der Waals surface area contributed by atoms with E-state index in [2.05, 4.69) is 4.98 Å². The largest absolute Gasteiger partial charge is 0.374 e. The third kappa shape index (κ3) is 3.12. The zero-order valence-electron chi connectivity index (χ0n) is 13.6. The third-order valence-corrected chi connectivity index (χ3v) is 5.20. The van der Waals surface area contributed by atoms with Crippen molar-refractivity contribution in [1.82, 2.24) is 9.88 Å². The third-order valence-electron chi connectivity index (χ3n) is 5.20. The van der Waals surface area contributed by atoms with Crippen LogP contribution in [0.5, 0.6) is 0 Å². The highest BCUT2D eigenvalue weighted by Crippen LogP contribution is 2.35. The molecule has 0 unspecified atom stereocenters. The molecule has 5 nitrogen and oxygen atoms in total. The van der Waals surface area contributed by atoms with Crippen LogP contribution >= 0.6 is 0 Å². The minimum absolute atomic E-state index is 0.0282. The van der Waals surface area contributed by atoms with E-state index in [9.17, 15) is 4.79 Å². The molecule has 1 aromatic heterocycles. The standard InChI is InChI=1S/C18H24N2O3/c1-12-2-5-14(10-19-12)18(21)20-8-9-22-16-7-6-15(20)17(16)23-11-13-3-4-13/h2,5,10,13,15-17H,3-4,6-9,11H2,1H3/t15-,16-,17+/m0/s1. The van der Waals surface area contributed by atoms with Gasteiger partial charge in [-0.2, -0.15) is 0 Å². The van der Waals surface area contributed by atoms with Crippen LogP contribution in [0.3, 0.4) is 0 Å². The van der Waals surface area contributed by atoms with Gasteiger partial charge in [0.1, 0.15) is 6.10 Å². The number of hydrogen-bond acceptors (Lipinski definition) is 4. The van der Waals surface area contributed by atoms with Crippen LogP contribution in [0.25, 0.3) is 0 Å². The number of fused-ring (bicyclic) bond motifs is 2. The zero-order valence-corrected chi connectivity index (χ0v) is 13.6. The zero-order chi connectivity index (χ0) is 15.8. The van der Waals surface area contributed by atoms with Crippen molar-refractivity contribution in [2.75, 3.05) is 19.8 Å². The Morgan fingerprint density at radius 2 is 2.22 bits per heavy atom. The molecule has 2 aliphatic carbocycles. The van der Waals surface area contributed by atoms with Gasteiger partial charge < -0.3 is 14.4 Å². The van der Waals surface area contributed by atoms with Crippen molar-refractivity contribution < 1.29 is 14.3 Å². The molecule has 3 atom stereocenters. The number of carbonyl (C=O) groups is 1. The Bertz CT molecular complexity index is 570. The maximum atomic E-state index is 12.9. The van der Waals surface area contributed by atoms with Crippen LogP contribution in [0.2, 0.25) is 0 Å². The van der Waals surface area contributed by atoms with Gasteiger partial charge in [-0.15, -0.1) is 0 Å². The van der Waals surface area contributed by atoms with Gasteiger partial charge in [0.25, 0.3) is 5.91 Å². The summed E-state index contributed by atoms with van der Waals surface area (Å²) < 4.78 is 12.1. The molecule has 2 bridgehead atoms. The number of pyridine rings is 1. The lowest BCUT2D eigenvalue weighted by atomic mass is 10.1. The fourth-order valence-corrected chi connectivity index (χ4v) is 3.65. The number of amides is 1. The van der Waals surface area contributed by atoms with Crippen molar-refractivity contribution in [3.05, 3.63) is 29.6 Å². The fraction of sp³-hybridized carbons (Fsp3) is 0.667. The minimum atomic E-state index is 0.0282. The number of ether oxygens (including phenoxy) is 2. The van der Waals surface area contributed by atoms with Crippen molar-refractivity contribution in [2.24, 2.45) is 5.92 Å². The van der Waals surface area contributed by atoms with Crippen LogP contribution in [-0.2, 0) is 9.47 Å². The van der Waals surface area contributed by atoms with Gasteiger partial charge in [-0.1, -0.05) is 0 Å². The van der Waals surface area contributed by atoms with E-state index in [0.717, 1.165) is 31.1 Å². The first-order valence-corrected chi connectivity index (χ1v) is 8.69. The number of nitrogens with zero attached hydrogens (tertiary/aromatic N) is 2. The Balaban J connectivity index is 1.51. The van der Waals surface area contributed by atoms with Gasteiger partial charge in [0.05, 0.1) is 24.3 Å². The lowest BCUT2D eigenvalue weighted by Crippen LogP contribution is -2.46. The van der Waals surface area contributed by atoms with Crippen LogP contribution < -0.4 is 0 Å². The predicted octanol–water partition coefficient (Wildman–Crippen LogP) is 2.19. The normalized spacial score (nSPS) is 30.3. The molecular formula is C18H24N2O3. The summed E-state index contributed by atoms with van der Waals surface area (Å²) in [4.78, 5) is 19.1. The van der Waals surface area contributed by atoms with E-state index >= 15 is 0 Å². The van der Waals surface area contributed by atoms with E-state index < -0.39 is 0 Å². The van der Waals surface area contributed by atoms with Crippen molar-refractivity contribution >= 4 is 5.91 Å². The lowest BCUT2D eigenvalue weighted by Gasteiger charge is -2.31. The van der Waals surface area contributed by atoms with Gasteiger partial charge >= 0.3 is 0 Å². The molecule has 0 N–H and O–H groups in total. The number of aryl methyl sites for hydroxylation is 1. The van der Waals surface area contributed by atoms with Crippen LogP contribution in [0.4, 0.5) is 0 Å². The molecule has 0 spiro atoms. The molecule has 1 amide bonds. The van der Waals surface area contributed by atoms with Gasteiger partial charge in [-0.25, -0.2) is 0 Å². The van der Waals surface area contributed by atoms with Crippen molar-refractivity contribution in [1.29, 1.82) is 0 Å². The highest BCUT2D eigenvalue weighted by molar-refractivity contribution is 5.94. The second kappa shape index (κ2) is 6.21. The Hall–Kier alpha value is -1.46. The van der Waals surface area contributed by atoms with E-state index in [-0.39, 0.29) is 24.2 Å². The van der Waals surface area contributed by atoms with Crippen molar-refractivity contribution in [2.45, 2.75) is 50.9 Å². The SMILES string of the molecule is Cc1ccc(C(=O)N2CCO[C@H]3CC[C@H]2[C@H]3OCC2CC2)cn1. The van der Waals surface area contributed by atoms with E-state index in [0.29, 0.717) is 18.7 Å². The number of aromatic nitrogens is 1. The molecule has 23 heavy (non-hydrogen) atoms. The second-order valence-corrected chi connectivity index (χ2v) is 6.98. The van der Waals surface area contributed by atoms with E-state index in [4.69, 9.17) is 9.47 Å². The van der Waals surface area contributed by atoms with Gasteiger partial charge in [-0.3, -0.25) is 9.78 Å². The van der Waals surface area contributed by atoms with Crippen molar-refractivity contribution in [3.8, 4) is 0 Å². The fourth-order valence-electron chi connectivity index (χ4n) is 3.65. The molecular weight excluding hydrogens is 292 g/mol. The second-order valence-electron chi connectivity index (χ2n) is 6.98. The van der Waals surface area contributed by atoms with Gasteiger partial charge in [0, 0.05) is 25.0 Å². The summed E-state index contributed by atoms with van der Waals surface area (Å²) >= 11 is 0. The number of rotatable bonds is 4. The first kappa shape index (κ1) is 15.1. The maximum absolute atomic E-state index is 12.9. The smallest absolute Gasteiger partial charge is 0.255 e. The summed E-state index contributed by atoms with van der Waals surface area (Å²) in [5.41, 5.74) is 1.58. The van der Waals surface area contributed by atoms with Gasteiger partial charge in [-0.05, 0) is 50.7 Å². The number of hydrogen-bond donors (Lipinski definition) is 0. The van der Waals surface area contributed by atoms with Crippen LogP contribution in [0.1, 0.15) is 41.7 Å². The molecule has 1 aliphatic heterocycles. The van der Waals surface area contributed by atoms with Crippen LogP contribution in [0, 0.1) is 12.8 Å². The molecule has 3 aliphatic rings. The topological polar surface area (TPSA) is 51.7 Å². The Kier molecular flexibility index (Phi) is 4.07. The predicted molar refractivity (Wildman–Crippen MR) is 85.2 cm³/mol. The van der Waals surface area contributed by atoms with Gasteiger partial charge in [0.15, 0.2) is 0 Å². The summed E-state index contributed by atoms with van der Waals surface area (Å²) in [5.74, 6) is 0.775. The highest BCUT2D eigenvalue weighted by atomic mass is 16.5. The molecule has 3 fully saturated rings. The monoisotopic (exact) mass is 316 g/mol. The molecule has 0 radical (unpaired) electrons. The molecule has 2 saturated carbocycles. The maximum Gasteiger partial charge on any atom is 0.255 e. The van der Waals surface area contributed by atoms with Gasteiger partial charge in [0.2, 0.25) is 0 Å². The first-order chi connectivity index (χ1) is 11.2. The van der Waals surface area contributed by atoms with E-state index in [1.807, 2.05) is 24.0 Å². The summed E-state index contributed by atoms with van der Waals surface area (Å²) in [7, 11) is 0. The quantitative estimate of drug-likeness (QED) is 0.854. The summed E-state index contributed by atoms with van der Waals surface area (Å²) in [6.07, 6.45) is 6.35. The lowest BCUT2D eigenvalue weighted by molar-refractivity contribution is -0.0556. The molecule has 5 heteroatoms. The van der Waals surface area contributed by atoms with E-state index in [1.165, 1.54) is 12.8 Å².